The third kappa shape index (κ3) is 1.53. The standard InChI is InChI=1S/C12H14BrN/c1-12(2,14)10-7-6-9-8(10)4-3-5-11(9)13/h3-5,7H,6,14H2,1-2H3. The first kappa shape index (κ1) is 9.94. The lowest BCUT2D eigenvalue weighted by molar-refractivity contribution is 0.676. The van der Waals surface area contributed by atoms with Gasteiger partial charge in [0, 0.05) is 10.0 Å². The van der Waals surface area contributed by atoms with E-state index in [-0.39, 0.29) is 5.54 Å². The molecule has 0 fully saturated rings. The average Bonchev–Trinajstić information content (AvgIpc) is 2.47. The molecule has 0 aromatic heterocycles. The van der Waals surface area contributed by atoms with Gasteiger partial charge < -0.3 is 5.73 Å². The summed E-state index contributed by atoms with van der Waals surface area (Å²) in [6, 6.07) is 6.29. The first-order chi connectivity index (χ1) is 6.50. The van der Waals surface area contributed by atoms with Gasteiger partial charge in [0.1, 0.15) is 0 Å². The van der Waals surface area contributed by atoms with Crippen molar-refractivity contribution in [3.05, 3.63) is 39.9 Å². The van der Waals surface area contributed by atoms with Gasteiger partial charge >= 0.3 is 0 Å². The molecule has 1 aromatic carbocycles. The molecule has 1 aliphatic rings. The highest BCUT2D eigenvalue weighted by Gasteiger charge is 2.25. The molecule has 1 aromatic rings. The molecule has 0 unspecified atom stereocenters. The first-order valence-electron chi connectivity index (χ1n) is 4.77. The van der Waals surface area contributed by atoms with Crippen LogP contribution in [0.5, 0.6) is 0 Å². The van der Waals surface area contributed by atoms with Gasteiger partial charge in [-0.2, -0.15) is 0 Å². The predicted octanol–water partition coefficient (Wildman–Crippen LogP) is 3.13. The van der Waals surface area contributed by atoms with Gasteiger partial charge in [0.2, 0.25) is 0 Å². The first-order valence-corrected chi connectivity index (χ1v) is 5.57. The van der Waals surface area contributed by atoms with Crippen molar-refractivity contribution in [1.82, 2.24) is 0 Å². The predicted molar refractivity (Wildman–Crippen MR) is 64.1 cm³/mol. The summed E-state index contributed by atoms with van der Waals surface area (Å²) in [7, 11) is 0. The van der Waals surface area contributed by atoms with Crippen molar-refractivity contribution in [2.75, 3.05) is 0 Å². The number of hydrogen-bond donors (Lipinski definition) is 1. The van der Waals surface area contributed by atoms with Crippen LogP contribution in [-0.2, 0) is 6.42 Å². The maximum absolute atomic E-state index is 6.12. The van der Waals surface area contributed by atoms with Crippen LogP contribution in [0.3, 0.4) is 0 Å². The van der Waals surface area contributed by atoms with E-state index in [4.69, 9.17) is 5.73 Å². The van der Waals surface area contributed by atoms with E-state index in [0.717, 1.165) is 6.42 Å². The average molecular weight is 252 g/mol. The number of halogens is 1. The van der Waals surface area contributed by atoms with Gasteiger partial charge in [-0.1, -0.05) is 34.1 Å². The molecular formula is C12H14BrN. The minimum atomic E-state index is -0.244. The van der Waals surface area contributed by atoms with Crippen molar-refractivity contribution in [3.63, 3.8) is 0 Å². The van der Waals surface area contributed by atoms with Crippen molar-refractivity contribution in [3.8, 4) is 0 Å². The third-order valence-corrected chi connectivity index (χ3v) is 3.36. The summed E-state index contributed by atoms with van der Waals surface area (Å²) < 4.78 is 1.19. The van der Waals surface area contributed by atoms with E-state index in [2.05, 4.69) is 54.1 Å². The summed E-state index contributed by atoms with van der Waals surface area (Å²) in [5.74, 6) is 0. The molecule has 0 saturated carbocycles. The molecule has 0 amide bonds. The fourth-order valence-corrected chi connectivity index (χ4v) is 2.47. The van der Waals surface area contributed by atoms with Crippen molar-refractivity contribution in [2.24, 2.45) is 5.73 Å². The van der Waals surface area contributed by atoms with E-state index in [1.165, 1.54) is 21.2 Å². The fourth-order valence-electron chi connectivity index (χ4n) is 1.94. The van der Waals surface area contributed by atoms with Gasteiger partial charge in [-0.25, -0.2) is 0 Å². The summed E-state index contributed by atoms with van der Waals surface area (Å²) in [6.45, 7) is 4.10. The second-order valence-electron chi connectivity index (χ2n) is 4.31. The Morgan fingerprint density at radius 3 is 2.71 bits per heavy atom. The molecule has 1 nitrogen and oxygen atoms in total. The lowest BCUT2D eigenvalue weighted by atomic mass is 9.91. The Labute approximate surface area is 93.1 Å². The van der Waals surface area contributed by atoms with Crippen LogP contribution in [0, 0.1) is 0 Å². The number of nitrogens with two attached hydrogens (primary N) is 1. The molecule has 2 heteroatoms. The molecular weight excluding hydrogens is 238 g/mol. The van der Waals surface area contributed by atoms with Crippen LogP contribution in [0.1, 0.15) is 25.0 Å². The van der Waals surface area contributed by atoms with Gasteiger partial charge in [-0.15, -0.1) is 0 Å². The smallest absolute Gasteiger partial charge is 0.0355 e. The second-order valence-corrected chi connectivity index (χ2v) is 5.16. The minimum absolute atomic E-state index is 0.244. The third-order valence-electron chi connectivity index (χ3n) is 2.61. The summed E-state index contributed by atoms with van der Waals surface area (Å²) >= 11 is 3.57. The second kappa shape index (κ2) is 3.21. The molecule has 0 bridgehead atoms. The van der Waals surface area contributed by atoms with Crippen molar-refractivity contribution in [1.29, 1.82) is 0 Å². The van der Waals surface area contributed by atoms with Gasteiger partial charge in [0.25, 0.3) is 0 Å². The molecule has 0 saturated heterocycles. The summed E-state index contributed by atoms with van der Waals surface area (Å²) in [4.78, 5) is 0. The zero-order valence-corrected chi connectivity index (χ0v) is 10.1. The molecule has 0 spiro atoms. The number of hydrogen-bond acceptors (Lipinski definition) is 1. The van der Waals surface area contributed by atoms with Gasteiger partial charge in [-0.3, -0.25) is 0 Å². The lowest BCUT2D eigenvalue weighted by Gasteiger charge is -2.21. The number of benzene rings is 1. The Morgan fingerprint density at radius 1 is 1.36 bits per heavy atom. The van der Waals surface area contributed by atoms with E-state index in [9.17, 15) is 0 Å². The Balaban J connectivity index is 2.53. The number of fused-ring (bicyclic) bond motifs is 1. The summed E-state index contributed by atoms with van der Waals surface area (Å²) in [6.07, 6.45) is 3.22. The Hall–Kier alpha value is -0.600. The summed E-state index contributed by atoms with van der Waals surface area (Å²) in [5, 5.41) is 0. The molecule has 0 radical (unpaired) electrons. The molecule has 2 N–H and O–H groups in total. The molecule has 1 aliphatic carbocycles. The molecule has 74 valence electrons. The fraction of sp³-hybridized carbons (Fsp3) is 0.333. The molecule has 0 aliphatic heterocycles. The monoisotopic (exact) mass is 251 g/mol. The maximum atomic E-state index is 6.12. The van der Waals surface area contributed by atoms with Gasteiger partial charge in [-0.05, 0) is 43.0 Å². The Kier molecular flexibility index (Phi) is 2.28. The van der Waals surface area contributed by atoms with Crippen LogP contribution in [0.25, 0.3) is 5.57 Å². The topological polar surface area (TPSA) is 26.0 Å². The molecule has 0 atom stereocenters. The maximum Gasteiger partial charge on any atom is 0.0355 e. The van der Waals surface area contributed by atoms with Crippen LogP contribution >= 0.6 is 15.9 Å². The molecule has 2 rings (SSSR count). The zero-order chi connectivity index (χ0) is 10.3. The van der Waals surface area contributed by atoms with E-state index in [0.29, 0.717) is 0 Å². The normalized spacial score (nSPS) is 15.3. The SMILES string of the molecule is CC(C)(N)C1=CCc2c(Br)cccc21. The largest absolute Gasteiger partial charge is 0.322 e. The molecule has 0 heterocycles. The zero-order valence-electron chi connectivity index (χ0n) is 8.47. The minimum Gasteiger partial charge on any atom is -0.322 e. The quantitative estimate of drug-likeness (QED) is 0.816. The molecule has 14 heavy (non-hydrogen) atoms. The van der Waals surface area contributed by atoms with Gasteiger partial charge in [0.15, 0.2) is 0 Å². The highest BCUT2D eigenvalue weighted by atomic mass is 79.9. The van der Waals surface area contributed by atoms with Crippen LogP contribution < -0.4 is 5.73 Å². The van der Waals surface area contributed by atoms with Crippen molar-refractivity contribution in [2.45, 2.75) is 25.8 Å². The van der Waals surface area contributed by atoms with E-state index in [1.54, 1.807) is 0 Å². The Morgan fingerprint density at radius 2 is 2.07 bits per heavy atom. The van der Waals surface area contributed by atoms with E-state index < -0.39 is 0 Å². The van der Waals surface area contributed by atoms with Gasteiger partial charge in [0.05, 0.1) is 0 Å². The highest BCUT2D eigenvalue weighted by molar-refractivity contribution is 9.10. The Bertz CT molecular complexity index is 399. The van der Waals surface area contributed by atoms with Crippen molar-refractivity contribution >= 4 is 21.5 Å². The number of rotatable bonds is 1. The van der Waals surface area contributed by atoms with Crippen LogP contribution in [-0.4, -0.2) is 5.54 Å². The van der Waals surface area contributed by atoms with Crippen LogP contribution in [0.4, 0.5) is 0 Å². The van der Waals surface area contributed by atoms with Crippen molar-refractivity contribution < 1.29 is 0 Å². The van der Waals surface area contributed by atoms with Crippen LogP contribution in [0.15, 0.2) is 28.7 Å². The van der Waals surface area contributed by atoms with E-state index >= 15 is 0 Å². The summed E-state index contributed by atoms with van der Waals surface area (Å²) in [5.41, 5.74) is 9.80. The van der Waals surface area contributed by atoms with Crippen LogP contribution in [0.2, 0.25) is 0 Å². The number of allylic oxidation sites excluding steroid dienone is 1. The highest BCUT2D eigenvalue weighted by Crippen LogP contribution is 2.37. The van der Waals surface area contributed by atoms with E-state index in [1.807, 2.05) is 0 Å². The lowest BCUT2D eigenvalue weighted by Crippen LogP contribution is -2.32.